The van der Waals surface area contributed by atoms with Gasteiger partial charge in [-0.25, -0.2) is 0 Å². The topological polar surface area (TPSA) is 69.3 Å². The Kier molecular flexibility index (Phi) is 15.6. The number of aromatic nitrogens is 1. The number of hydrogen-bond acceptors (Lipinski definition) is 4. The van der Waals surface area contributed by atoms with Crippen LogP contribution in [0, 0.1) is 0 Å². The van der Waals surface area contributed by atoms with Crippen LogP contribution in [0.1, 0.15) is 12.6 Å². The number of thioether (sulfide) groups is 1. The summed E-state index contributed by atoms with van der Waals surface area (Å²) in [4.78, 5) is 4.15. The van der Waals surface area contributed by atoms with Gasteiger partial charge in [-0.05, 0) is 25.3 Å². The molecule has 4 nitrogen and oxygen atoms in total. The largest absolute Gasteiger partial charge is 0.870 e. The average Bonchev–Trinajstić information content (AvgIpc) is 2.37. The van der Waals surface area contributed by atoms with E-state index in [4.69, 9.17) is 19.4 Å². The Labute approximate surface area is 132 Å². The van der Waals surface area contributed by atoms with Crippen molar-refractivity contribution in [1.82, 2.24) is 4.98 Å². The minimum absolute atomic E-state index is 0. The molecule has 0 spiro atoms. The quantitative estimate of drug-likeness (QED) is 0.186. The molecule has 0 saturated carbocycles. The van der Waals surface area contributed by atoms with E-state index in [0.29, 0.717) is 4.32 Å². The second-order valence-electron chi connectivity index (χ2n) is 2.53. The Morgan fingerprint density at radius 2 is 2.11 bits per heavy atom. The Morgan fingerprint density at radius 1 is 1.50 bits per heavy atom. The maximum atomic E-state index is 4.83. The van der Waals surface area contributed by atoms with Gasteiger partial charge in [0.05, 0.1) is 5.69 Å². The number of nitrogens with zero attached hydrogens (tertiary/aromatic N) is 3. The summed E-state index contributed by atoms with van der Waals surface area (Å²) >= 11 is 5.33. The standard InChI is InChI=1S/C9H11N3S2.2ClH.H2O.Rh/c1-7(11-12-9(13)14-2)8-5-3-4-6-10-8;;;;/h3-6H,1-2H3,(H,10,12,13);2*1H;1H2;/q;;;;+2/p-3. The van der Waals surface area contributed by atoms with Crippen molar-refractivity contribution in [3.8, 4) is 0 Å². The Bertz CT molecular complexity index is 368. The third-order valence-electron chi connectivity index (χ3n) is 1.50. The van der Waals surface area contributed by atoms with Crippen LogP contribution in [0.2, 0.25) is 0 Å². The van der Waals surface area contributed by atoms with Crippen LogP contribution in [-0.2, 0) is 27.4 Å². The van der Waals surface area contributed by atoms with Crippen LogP contribution in [-0.4, -0.2) is 26.7 Å². The van der Waals surface area contributed by atoms with E-state index in [9.17, 15) is 0 Å². The molecule has 0 radical (unpaired) electrons. The van der Waals surface area contributed by atoms with E-state index < -0.39 is 0 Å². The van der Waals surface area contributed by atoms with Crippen molar-refractivity contribution in [3.05, 3.63) is 35.5 Å². The molecule has 18 heavy (non-hydrogen) atoms. The van der Waals surface area contributed by atoms with Gasteiger partial charge in [-0.3, -0.25) is 4.98 Å². The van der Waals surface area contributed by atoms with Gasteiger partial charge in [-0.15, -0.1) is 0 Å². The Hall–Kier alpha value is 0.223. The van der Waals surface area contributed by atoms with Crippen molar-refractivity contribution in [3.63, 3.8) is 0 Å². The predicted octanol–water partition coefficient (Wildman–Crippen LogP) is 3.11. The van der Waals surface area contributed by atoms with Crippen molar-refractivity contribution >= 4 is 53.4 Å². The number of halogens is 2. The van der Waals surface area contributed by atoms with Gasteiger partial charge < -0.3 is 16.0 Å². The molecule has 1 rings (SSSR count). The predicted molar refractivity (Wildman–Crippen MR) is 80.7 cm³/mol. The SMILES string of the molecule is CSC(=[SH+])[N-]N=C(C)c1ccccn1.[Cl][Rh][Cl].[OH-]. The molecular formula is C9H12Cl2N3ORhS2-. The third-order valence-corrected chi connectivity index (χ3v) is 2.59. The molecular weight excluding hydrogens is 404 g/mol. The minimum atomic E-state index is -0.226. The van der Waals surface area contributed by atoms with Crippen molar-refractivity contribution in [2.75, 3.05) is 6.26 Å². The van der Waals surface area contributed by atoms with E-state index in [-0.39, 0.29) is 20.6 Å². The monoisotopic (exact) mass is 415 g/mol. The minimum Gasteiger partial charge on any atom is -0.870 e. The molecule has 0 fully saturated rings. The summed E-state index contributed by atoms with van der Waals surface area (Å²) in [5.41, 5.74) is 5.53. The van der Waals surface area contributed by atoms with Gasteiger partial charge in [0.1, 0.15) is 0 Å². The van der Waals surface area contributed by atoms with Crippen LogP contribution in [0.4, 0.5) is 0 Å². The summed E-state index contributed by atoms with van der Waals surface area (Å²) in [6.45, 7) is 1.87. The van der Waals surface area contributed by atoms with Gasteiger partial charge in [0.25, 0.3) is 0 Å². The molecule has 0 aliphatic heterocycles. The molecule has 0 atom stereocenters. The summed E-state index contributed by atoms with van der Waals surface area (Å²) < 4.78 is 0.639. The van der Waals surface area contributed by atoms with Crippen molar-refractivity contribution in [1.29, 1.82) is 0 Å². The number of pyridine rings is 1. The summed E-state index contributed by atoms with van der Waals surface area (Å²) in [5, 5.41) is 4.01. The summed E-state index contributed by atoms with van der Waals surface area (Å²) in [6.07, 6.45) is 3.63. The van der Waals surface area contributed by atoms with Gasteiger partial charge in [0.15, 0.2) is 16.5 Å². The molecule has 0 aromatic carbocycles. The van der Waals surface area contributed by atoms with E-state index >= 15 is 0 Å². The van der Waals surface area contributed by atoms with E-state index in [1.807, 2.05) is 31.4 Å². The molecule has 105 valence electrons. The molecule has 0 aliphatic rings. The zero-order valence-corrected chi connectivity index (χ0v) is 14.4. The molecule has 1 N–H and O–H groups in total. The summed E-state index contributed by atoms with van der Waals surface area (Å²) in [7, 11) is 9.67. The van der Waals surface area contributed by atoms with Crippen LogP contribution in [0.3, 0.4) is 0 Å². The van der Waals surface area contributed by atoms with E-state index in [2.05, 4.69) is 27.7 Å². The van der Waals surface area contributed by atoms with Crippen molar-refractivity contribution < 1.29 is 20.6 Å². The summed E-state index contributed by atoms with van der Waals surface area (Å²) in [6, 6.07) is 5.68. The number of hydrogen-bond donors (Lipinski definition) is 0. The second-order valence-corrected chi connectivity index (χ2v) is 6.54. The second kappa shape index (κ2) is 13.7. The first-order valence-electron chi connectivity index (χ1n) is 4.26. The molecule has 1 aromatic heterocycles. The smallest absolute Gasteiger partial charge is 0.870 e. The molecule has 1 heterocycles. The van der Waals surface area contributed by atoms with Crippen LogP contribution in [0.15, 0.2) is 29.5 Å². The Morgan fingerprint density at radius 3 is 2.56 bits per heavy atom. The van der Waals surface area contributed by atoms with Crippen LogP contribution in [0.5, 0.6) is 0 Å². The fourth-order valence-corrected chi connectivity index (χ4v) is 0.954. The first-order valence-corrected chi connectivity index (χ1v) is 10.1. The fourth-order valence-electron chi connectivity index (χ4n) is 0.787. The van der Waals surface area contributed by atoms with Crippen LogP contribution < -0.4 is 0 Å². The summed E-state index contributed by atoms with van der Waals surface area (Å²) in [5.74, 6) is 0. The third kappa shape index (κ3) is 10.2. The molecule has 1 aromatic rings. The van der Waals surface area contributed by atoms with E-state index in [1.165, 1.54) is 11.8 Å². The van der Waals surface area contributed by atoms with Crippen LogP contribution in [0.25, 0.3) is 5.43 Å². The number of rotatable bonds is 2. The molecule has 0 saturated heterocycles. The van der Waals surface area contributed by atoms with Crippen molar-refractivity contribution in [2.45, 2.75) is 6.92 Å². The zero-order chi connectivity index (χ0) is 13.1. The van der Waals surface area contributed by atoms with Gasteiger partial charge >= 0.3 is 34.5 Å². The van der Waals surface area contributed by atoms with E-state index in [1.54, 1.807) is 6.20 Å². The first kappa shape index (κ1) is 20.5. The molecule has 0 unspecified atom stereocenters. The first-order chi connectivity index (χ1) is 8.15. The molecule has 0 aliphatic carbocycles. The average molecular weight is 416 g/mol. The van der Waals surface area contributed by atoms with Crippen LogP contribution >= 0.6 is 31.1 Å². The van der Waals surface area contributed by atoms with Gasteiger partial charge in [-0.1, -0.05) is 17.8 Å². The van der Waals surface area contributed by atoms with Crippen molar-refractivity contribution in [2.24, 2.45) is 5.10 Å². The maximum absolute atomic E-state index is 4.83. The molecule has 9 heteroatoms. The van der Waals surface area contributed by atoms with E-state index in [0.717, 1.165) is 11.4 Å². The zero-order valence-electron chi connectivity index (χ0n) is 9.54. The van der Waals surface area contributed by atoms with Gasteiger partial charge in [0, 0.05) is 11.9 Å². The van der Waals surface area contributed by atoms with Gasteiger partial charge in [-0.2, -0.15) is 0 Å². The van der Waals surface area contributed by atoms with Gasteiger partial charge in [0.2, 0.25) is 0 Å². The fraction of sp³-hybridized carbons (Fsp3) is 0.222. The normalized spacial score (nSPS) is 9.89. The molecule has 0 amide bonds. The number of thiol groups is 1. The molecule has 0 bridgehead atoms. The maximum Gasteiger partial charge on any atom is -0.870 e. The Balaban J connectivity index is 0.